The molecule has 1 aliphatic carbocycles. The highest BCUT2D eigenvalue weighted by Gasteiger charge is 2.43. The molecule has 2 heterocycles. The van der Waals surface area contributed by atoms with Crippen LogP contribution < -0.4 is 10.6 Å². The summed E-state index contributed by atoms with van der Waals surface area (Å²) in [6.07, 6.45) is 3.89. The van der Waals surface area contributed by atoms with Crippen LogP contribution in [0.2, 0.25) is 0 Å². The van der Waals surface area contributed by atoms with E-state index in [-0.39, 0.29) is 11.6 Å². The van der Waals surface area contributed by atoms with Gasteiger partial charge in [-0.1, -0.05) is 0 Å². The monoisotopic (exact) mass is 223 g/mol. The van der Waals surface area contributed by atoms with Crippen LogP contribution in [-0.2, 0) is 4.79 Å². The van der Waals surface area contributed by atoms with E-state index in [1.807, 2.05) is 4.90 Å². The number of piperidine rings is 1. The maximum Gasteiger partial charge on any atom is 0.315 e. The Morgan fingerprint density at radius 1 is 1.31 bits per heavy atom. The highest BCUT2D eigenvalue weighted by molar-refractivity contribution is 5.81. The molecule has 3 fully saturated rings. The predicted molar refractivity (Wildman–Crippen MR) is 57.8 cm³/mol. The van der Waals surface area contributed by atoms with Gasteiger partial charge in [-0.25, -0.2) is 4.79 Å². The van der Waals surface area contributed by atoms with Gasteiger partial charge < -0.3 is 15.5 Å². The normalized spacial score (nSPS) is 27.8. The van der Waals surface area contributed by atoms with Gasteiger partial charge in [0.2, 0.25) is 5.91 Å². The third-order valence-corrected chi connectivity index (χ3v) is 3.92. The Morgan fingerprint density at radius 2 is 2.00 bits per heavy atom. The van der Waals surface area contributed by atoms with Crippen molar-refractivity contribution in [1.82, 2.24) is 15.5 Å². The van der Waals surface area contributed by atoms with Gasteiger partial charge in [0.1, 0.15) is 0 Å². The van der Waals surface area contributed by atoms with Crippen LogP contribution in [0.3, 0.4) is 0 Å². The van der Waals surface area contributed by atoms with Crippen molar-refractivity contribution in [2.24, 2.45) is 5.92 Å². The summed E-state index contributed by atoms with van der Waals surface area (Å²) in [4.78, 5) is 25.0. The van der Waals surface area contributed by atoms with Gasteiger partial charge >= 0.3 is 6.03 Å². The lowest BCUT2D eigenvalue weighted by molar-refractivity contribution is -0.134. The smallest absolute Gasteiger partial charge is 0.315 e. The summed E-state index contributed by atoms with van der Waals surface area (Å²) in [6, 6.07) is -0.0676. The molecule has 0 radical (unpaired) electrons. The first-order chi connectivity index (χ1) is 7.69. The molecule has 0 aromatic heterocycles. The summed E-state index contributed by atoms with van der Waals surface area (Å²) >= 11 is 0. The molecule has 3 amide bonds. The van der Waals surface area contributed by atoms with E-state index in [0.717, 1.165) is 38.8 Å². The molecule has 5 nitrogen and oxygen atoms in total. The van der Waals surface area contributed by atoms with E-state index < -0.39 is 0 Å². The predicted octanol–water partition coefficient (Wildman–Crippen LogP) is 0.0704. The van der Waals surface area contributed by atoms with Gasteiger partial charge in [0.25, 0.3) is 0 Å². The van der Waals surface area contributed by atoms with Crippen LogP contribution in [0.1, 0.15) is 25.7 Å². The number of hydrogen-bond acceptors (Lipinski definition) is 2. The molecule has 0 aromatic carbocycles. The van der Waals surface area contributed by atoms with E-state index in [1.165, 1.54) is 0 Å². The van der Waals surface area contributed by atoms with Crippen LogP contribution in [0.4, 0.5) is 4.79 Å². The van der Waals surface area contributed by atoms with Gasteiger partial charge in [0.05, 0.1) is 5.54 Å². The molecule has 16 heavy (non-hydrogen) atoms. The molecule has 2 aliphatic heterocycles. The Bertz CT molecular complexity index is 330. The molecule has 1 spiro atoms. The first kappa shape index (κ1) is 9.93. The van der Waals surface area contributed by atoms with Crippen LogP contribution in [0.15, 0.2) is 0 Å². The number of hydrogen-bond donors (Lipinski definition) is 2. The molecule has 1 saturated carbocycles. The first-order valence-corrected chi connectivity index (χ1v) is 6.03. The molecule has 3 rings (SSSR count). The van der Waals surface area contributed by atoms with Gasteiger partial charge in [-0.3, -0.25) is 4.79 Å². The minimum atomic E-state index is -0.0859. The van der Waals surface area contributed by atoms with Gasteiger partial charge in [0, 0.05) is 25.6 Å². The summed E-state index contributed by atoms with van der Waals surface area (Å²) in [7, 11) is 0. The molecule has 3 aliphatic rings. The summed E-state index contributed by atoms with van der Waals surface area (Å²) in [6.45, 7) is 2.28. The number of likely N-dealkylation sites (tertiary alicyclic amines) is 1. The summed E-state index contributed by atoms with van der Waals surface area (Å²) in [5.74, 6) is 0.637. The highest BCUT2D eigenvalue weighted by Crippen LogP contribution is 2.33. The summed E-state index contributed by atoms with van der Waals surface area (Å²) < 4.78 is 0. The van der Waals surface area contributed by atoms with Crippen molar-refractivity contribution < 1.29 is 9.59 Å². The van der Waals surface area contributed by atoms with Crippen molar-refractivity contribution in [3.8, 4) is 0 Å². The number of nitrogens with zero attached hydrogens (tertiary/aromatic N) is 1. The van der Waals surface area contributed by atoms with E-state index in [4.69, 9.17) is 0 Å². The van der Waals surface area contributed by atoms with Crippen LogP contribution in [0.5, 0.6) is 0 Å². The van der Waals surface area contributed by atoms with Crippen molar-refractivity contribution >= 4 is 11.9 Å². The van der Waals surface area contributed by atoms with E-state index >= 15 is 0 Å². The van der Waals surface area contributed by atoms with Crippen molar-refractivity contribution in [2.75, 3.05) is 19.6 Å². The fourth-order valence-corrected chi connectivity index (χ4v) is 2.62. The van der Waals surface area contributed by atoms with E-state index in [1.54, 1.807) is 0 Å². The van der Waals surface area contributed by atoms with Gasteiger partial charge in [-0.05, 0) is 25.7 Å². The van der Waals surface area contributed by atoms with E-state index in [0.29, 0.717) is 18.4 Å². The second-order valence-electron chi connectivity index (χ2n) is 5.19. The van der Waals surface area contributed by atoms with Crippen molar-refractivity contribution in [2.45, 2.75) is 31.2 Å². The molecule has 0 bridgehead atoms. The molecule has 2 N–H and O–H groups in total. The summed E-state index contributed by atoms with van der Waals surface area (Å²) in [5, 5.41) is 5.79. The molecule has 5 heteroatoms. The van der Waals surface area contributed by atoms with Crippen LogP contribution in [-0.4, -0.2) is 42.0 Å². The van der Waals surface area contributed by atoms with Crippen molar-refractivity contribution in [3.05, 3.63) is 0 Å². The second-order valence-corrected chi connectivity index (χ2v) is 5.19. The number of rotatable bonds is 1. The van der Waals surface area contributed by atoms with Gasteiger partial charge in [-0.15, -0.1) is 0 Å². The Balaban J connectivity index is 1.59. The Morgan fingerprint density at radius 3 is 2.50 bits per heavy atom. The minimum absolute atomic E-state index is 0.0676. The molecule has 88 valence electrons. The van der Waals surface area contributed by atoms with E-state index in [9.17, 15) is 9.59 Å². The van der Waals surface area contributed by atoms with Crippen molar-refractivity contribution in [1.29, 1.82) is 0 Å². The van der Waals surface area contributed by atoms with Gasteiger partial charge in [0.15, 0.2) is 0 Å². The first-order valence-electron chi connectivity index (χ1n) is 6.03. The fourth-order valence-electron chi connectivity index (χ4n) is 2.62. The lowest BCUT2D eigenvalue weighted by Gasteiger charge is -2.38. The third-order valence-electron chi connectivity index (χ3n) is 3.92. The third kappa shape index (κ3) is 1.64. The average molecular weight is 223 g/mol. The Hall–Kier alpha value is -1.26. The quantitative estimate of drug-likeness (QED) is 0.661. The van der Waals surface area contributed by atoms with Crippen LogP contribution in [0.25, 0.3) is 0 Å². The minimum Gasteiger partial charge on any atom is -0.342 e. The second kappa shape index (κ2) is 3.37. The average Bonchev–Trinajstić information content (AvgIpc) is 3.06. The SMILES string of the molecule is O=C1NCC2(CCN(C(=O)C3CC3)CC2)N1. The molecule has 0 atom stereocenters. The van der Waals surface area contributed by atoms with E-state index in [2.05, 4.69) is 10.6 Å². The number of amides is 3. The zero-order valence-corrected chi connectivity index (χ0v) is 9.29. The lowest BCUT2D eigenvalue weighted by Crippen LogP contribution is -2.53. The lowest BCUT2D eigenvalue weighted by atomic mass is 9.88. The Kier molecular flexibility index (Phi) is 2.09. The zero-order valence-electron chi connectivity index (χ0n) is 9.29. The fraction of sp³-hybridized carbons (Fsp3) is 0.818. The summed E-state index contributed by atoms with van der Waals surface area (Å²) in [5.41, 5.74) is -0.0859. The maximum absolute atomic E-state index is 11.9. The number of nitrogens with one attached hydrogen (secondary N) is 2. The molecule has 2 saturated heterocycles. The molecular formula is C11H17N3O2. The largest absolute Gasteiger partial charge is 0.342 e. The highest BCUT2D eigenvalue weighted by atomic mass is 16.2. The van der Waals surface area contributed by atoms with Gasteiger partial charge in [-0.2, -0.15) is 0 Å². The zero-order chi connectivity index (χ0) is 11.2. The maximum atomic E-state index is 11.9. The van der Waals surface area contributed by atoms with Crippen LogP contribution >= 0.6 is 0 Å². The number of urea groups is 1. The van der Waals surface area contributed by atoms with Crippen molar-refractivity contribution in [3.63, 3.8) is 0 Å². The topological polar surface area (TPSA) is 61.4 Å². The molecule has 0 unspecified atom stereocenters. The van der Waals surface area contributed by atoms with Crippen LogP contribution in [0, 0.1) is 5.92 Å². The molecule has 0 aromatic rings. The number of carbonyl (C=O) groups excluding carboxylic acids is 2. The number of carbonyl (C=O) groups is 2. The Labute approximate surface area is 94.6 Å². The standard InChI is InChI=1S/C11H17N3O2/c15-9(8-1-2-8)14-5-3-11(4-6-14)7-12-10(16)13-11/h8H,1-7H2,(H2,12,13,16). The molecular weight excluding hydrogens is 206 g/mol.